The Hall–Kier alpha value is -0.650. The molecular weight excluding hydrogens is 206 g/mol. The summed E-state index contributed by atoms with van der Waals surface area (Å²) in [5, 5.41) is 3.08. The lowest BCUT2D eigenvalue weighted by Gasteiger charge is -2.33. The summed E-state index contributed by atoms with van der Waals surface area (Å²) < 4.78 is 5.56. The van der Waals surface area contributed by atoms with Crippen LogP contribution in [0.25, 0.3) is 0 Å². The monoisotopic (exact) mass is 229 g/mol. The van der Waals surface area contributed by atoms with Gasteiger partial charge in [0.05, 0.1) is 12.7 Å². The zero-order valence-electron chi connectivity index (χ0n) is 10.5. The van der Waals surface area contributed by atoms with Gasteiger partial charge in [-0.2, -0.15) is 0 Å². The van der Waals surface area contributed by atoms with E-state index in [1.54, 1.807) is 0 Å². The molecule has 1 amide bonds. The fraction of sp³-hybridized carbons (Fsp3) is 0.909. The summed E-state index contributed by atoms with van der Waals surface area (Å²) in [6.07, 6.45) is 0.737. The maximum Gasteiger partial charge on any atom is 0.224 e. The van der Waals surface area contributed by atoms with E-state index in [0.717, 1.165) is 19.6 Å². The van der Waals surface area contributed by atoms with Crippen molar-refractivity contribution in [3.05, 3.63) is 0 Å². The predicted molar refractivity (Wildman–Crippen MR) is 63.4 cm³/mol. The van der Waals surface area contributed by atoms with E-state index in [-0.39, 0.29) is 12.0 Å². The van der Waals surface area contributed by atoms with Crippen molar-refractivity contribution in [1.82, 2.24) is 15.1 Å². The van der Waals surface area contributed by atoms with Crippen LogP contribution < -0.4 is 5.32 Å². The Kier molecular flexibility index (Phi) is 5.73. The summed E-state index contributed by atoms with van der Waals surface area (Å²) in [5.41, 5.74) is 0. The minimum absolute atomic E-state index is 0.141. The molecule has 5 nitrogen and oxygen atoms in total. The van der Waals surface area contributed by atoms with Crippen molar-refractivity contribution < 1.29 is 9.53 Å². The first-order chi connectivity index (χ1) is 7.63. The molecule has 1 aliphatic rings. The summed E-state index contributed by atoms with van der Waals surface area (Å²) in [6, 6.07) is 0. The zero-order valence-corrected chi connectivity index (χ0v) is 10.5. The molecule has 5 heteroatoms. The highest BCUT2D eigenvalue weighted by Gasteiger charge is 2.23. The van der Waals surface area contributed by atoms with Gasteiger partial charge < -0.3 is 19.9 Å². The average Bonchev–Trinajstić information content (AvgIpc) is 2.26. The lowest BCUT2D eigenvalue weighted by molar-refractivity contribution is -0.138. The van der Waals surface area contributed by atoms with Crippen LogP contribution in [0.15, 0.2) is 0 Å². The molecular formula is C11H23N3O2. The number of hydrogen-bond acceptors (Lipinski definition) is 4. The van der Waals surface area contributed by atoms with Gasteiger partial charge in [0.1, 0.15) is 0 Å². The third-order valence-corrected chi connectivity index (χ3v) is 2.70. The quantitative estimate of drug-likeness (QED) is 0.683. The Morgan fingerprint density at radius 2 is 2.31 bits per heavy atom. The average molecular weight is 229 g/mol. The van der Waals surface area contributed by atoms with Crippen molar-refractivity contribution in [2.75, 3.05) is 53.9 Å². The Morgan fingerprint density at radius 1 is 1.56 bits per heavy atom. The number of hydrogen-bond donors (Lipinski definition) is 1. The lowest BCUT2D eigenvalue weighted by Crippen LogP contribution is -2.48. The third-order valence-electron chi connectivity index (χ3n) is 2.70. The molecule has 94 valence electrons. The number of rotatable bonds is 5. The fourth-order valence-corrected chi connectivity index (χ4v) is 1.77. The Balaban J connectivity index is 2.32. The minimum Gasteiger partial charge on any atom is -0.373 e. The summed E-state index contributed by atoms with van der Waals surface area (Å²) in [4.78, 5) is 15.8. The molecule has 0 aromatic carbocycles. The van der Waals surface area contributed by atoms with Gasteiger partial charge >= 0.3 is 0 Å². The molecule has 0 aromatic heterocycles. The van der Waals surface area contributed by atoms with E-state index in [1.165, 1.54) is 0 Å². The molecule has 1 N–H and O–H groups in total. The molecule has 0 aromatic rings. The molecule has 0 spiro atoms. The molecule has 0 radical (unpaired) electrons. The van der Waals surface area contributed by atoms with Crippen LogP contribution in [0.3, 0.4) is 0 Å². The highest BCUT2D eigenvalue weighted by atomic mass is 16.5. The van der Waals surface area contributed by atoms with Crippen molar-refractivity contribution in [2.24, 2.45) is 0 Å². The number of carbonyl (C=O) groups excluding carboxylic acids is 1. The van der Waals surface area contributed by atoms with Crippen LogP contribution in [0, 0.1) is 0 Å². The van der Waals surface area contributed by atoms with E-state index < -0.39 is 0 Å². The smallest absolute Gasteiger partial charge is 0.224 e. The van der Waals surface area contributed by atoms with Gasteiger partial charge in [0, 0.05) is 32.6 Å². The first kappa shape index (κ1) is 13.4. The normalized spacial score (nSPS) is 21.5. The highest BCUT2D eigenvalue weighted by Crippen LogP contribution is 2.06. The molecule has 0 aliphatic carbocycles. The highest BCUT2D eigenvalue weighted by molar-refractivity contribution is 5.76. The van der Waals surface area contributed by atoms with Gasteiger partial charge in [-0.15, -0.1) is 0 Å². The third kappa shape index (κ3) is 4.47. The summed E-state index contributed by atoms with van der Waals surface area (Å²) in [5.74, 6) is 0.234. The van der Waals surface area contributed by atoms with E-state index in [0.29, 0.717) is 19.6 Å². The SMILES string of the molecule is CNCC1CN(C(=O)CCN(C)C)CCO1. The zero-order chi connectivity index (χ0) is 12.0. The van der Waals surface area contributed by atoms with Crippen LogP contribution in [0.5, 0.6) is 0 Å². The van der Waals surface area contributed by atoms with Crippen molar-refractivity contribution in [3.63, 3.8) is 0 Å². The molecule has 1 heterocycles. The Labute approximate surface area is 97.7 Å². The van der Waals surface area contributed by atoms with Crippen molar-refractivity contribution in [1.29, 1.82) is 0 Å². The number of carbonyl (C=O) groups is 1. The Morgan fingerprint density at radius 3 is 2.94 bits per heavy atom. The van der Waals surface area contributed by atoms with E-state index in [4.69, 9.17) is 4.74 Å². The largest absolute Gasteiger partial charge is 0.373 e. The molecule has 16 heavy (non-hydrogen) atoms. The van der Waals surface area contributed by atoms with Crippen molar-refractivity contribution in [2.45, 2.75) is 12.5 Å². The van der Waals surface area contributed by atoms with Crippen LogP contribution in [-0.2, 0) is 9.53 Å². The maximum absolute atomic E-state index is 11.9. The van der Waals surface area contributed by atoms with Gasteiger partial charge in [0.25, 0.3) is 0 Å². The fourth-order valence-electron chi connectivity index (χ4n) is 1.77. The first-order valence-electron chi connectivity index (χ1n) is 5.82. The molecule has 0 bridgehead atoms. The second kappa shape index (κ2) is 6.83. The summed E-state index contributed by atoms with van der Waals surface area (Å²) in [6.45, 7) is 3.71. The van der Waals surface area contributed by atoms with Gasteiger partial charge in [-0.3, -0.25) is 4.79 Å². The number of ether oxygens (including phenoxy) is 1. The molecule has 1 unspecified atom stereocenters. The van der Waals surface area contributed by atoms with E-state index in [9.17, 15) is 4.79 Å². The molecule has 1 fully saturated rings. The summed E-state index contributed by atoms with van der Waals surface area (Å²) in [7, 11) is 5.86. The summed E-state index contributed by atoms with van der Waals surface area (Å²) >= 11 is 0. The number of amides is 1. The minimum atomic E-state index is 0.141. The van der Waals surface area contributed by atoms with Crippen LogP contribution in [0.4, 0.5) is 0 Å². The van der Waals surface area contributed by atoms with Gasteiger partial charge in [-0.05, 0) is 21.1 Å². The van der Waals surface area contributed by atoms with E-state index in [2.05, 4.69) is 5.32 Å². The van der Waals surface area contributed by atoms with E-state index >= 15 is 0 Å². The van der Waals surface area contributed by atoms with Crippen molar-refractivity contribution in [3.8, 4) is 0 Å². The van der Waals surface area contributed by atoms with Gasteiger partial charge in [0.15, 0.2) is 0 Å². The molecule has 1 saturated heterocycles. The second-order valence-electron chi connectivity index (χ2n) is 4.44. The van der Waals surface area contributed by atoms with Crippen LogP contribution in [-0.4, -0.2) is 75.7 Å². The van der Waals surface area contributed by atoms with E-state index in [1.807, 2.05) is 30.9 Å². The number of likely N-dealkylation sites (N-methyl/N-ethyl adjacent to an activating group) is 1. The molecule has 0 saturated carbocycles. The maximum atomic E-state index is 11.9. The van der Waals surface area contributed by atoms with Crippen LogP contribution in [0.1, 0.15) is 6.42 Å². The molecule has 1 atom stereocenters. The van der Waals surface area contributed by atoms with Crippen LogP contribution >= 0.6 is 0 Å². The van der Waals surface area contributed by atoms with Gasteiger partial charge in [-0.1, -0.05) is 0 Å². The van der Waals surface area contributed by atoms with Crippen LogP contribution in [0.2, 0.25) is 0 Å². The topological polar surface area (TPSA) is 44.8 Å². The van der Waals surface area contributed by atoms with Crippen molar-refractivity contribution >= 4 is 5.91 Å². The standard InChI is InChI=1S/C11H23N3O2/c1-12-8-10-9-14(6-7-16-10)11(15)4-5-13(2)3/h10,12H,4-9H2,1-3H3. The van der Waals surface area contributed by atoms with Gasteiger partial charge in [-0.25, -0.2) is 0 Å². The lowest BCUT2D eigenvalue weighted by atomic mass is 10.2. The number of nitrogens with one attached hydrogen (secondary N) is 1. The number of morpholine rings is 1. The number of nitrogens with zero attached hydrogens (tertiary/aromatic N) is 2. The molecule has 1 aliphatic heterocycles. The second-order valence-corrected chi connectivity index (χ2v) is 4.44. The first-order valence-corrected chi connectivity index (χ1v) is 5.82. The van der Waals surface area contributed by atoms with Gasteiger partial charge in [0.2, 0.25) is 5.91 Å². The molecule has 1 rings (SSSR count). The predicted octanol–water partition coefficient (Wildman–Crippen LogP) is -0.615. The Bertz CT molecular complexity index is 219.